The highest BCUT2D eigenvalue weighted by Crippen LogP contribution is 2.43. The molecule has 0 fully saturated rings. The number of nitrogens with zero attached hydrogens (tertiary/aromatic N) is 1. The average Bonchev–Trinajstić information content (AvgIpc) is 3.34. The maximum Gasteiger partial charge on any atom is 0.472 e. The molecule has 72 heavy (non-hydrogen) atoms. The van der Waals surface area contributed by atoms with Crippen molar-refractivity contribution in [3.8, 4) is 0 Å². The number of allylic oxidation sites excluding steroid dienone is 3. The van der Waals surface area contributed by atoms with E-state index in [9.17, 15) is 19.4 Å². The third kappa shape index (κ3) is 56.7. The molecule has 0 saturated carbocycles. The molecule has 0 rings (SSSR count). The molecule has 0 heterocycles. The van der Waals surface area contributed by atoms with Crippen molar-refractivity contribution in [3.63, 3.8) is 0 Å². The quantitative estimate of drug-likeness (QED) is 0.0243. The maximum absolute atomic E-state index is 13.0. The summed E-state index contributed by atoms with van der Waals surface area (Å²) < 4.78 is 23.8. The van der Waals surface area contributed by atoms with Crippen molar-refractivity contribution >= 4 is 13.7 Å². The molecule has 0 radical (unpaired) electrons. The topological polar surface area (TPSA) is 105 Å². The predicted octanol–water partition coefficient (Wildman–Crippen LogP) is 19.5. The van der Waals surface area contributed by atoms with Crippen LogP contribution in [0, 0.1) is 0 Å². The molecule has 8 nitrogen and oxygen atoms in total. The first-order chi connectivity index (χ1) is 35.0. The van der Waals surface area contributed by atoms with E-state index in [0.29, 0.717) is 17.4 Å². The van der Waals surface area contributed by atoms with Crippen LogP contribution in [0.1, 0.15) is 322 Å². The van der Waals surface area contributed by atoms with Crippen LogP contribution in [0.3, 0.4) is 0 Å². The lowest BCUT2D eigenvalue weighted by molar-refractivity contribution is -0.870. The third-order valence-electron chi connectivity index (χ3n) is 14.7. The Morgan fingerprint density at radius 3 is 1.07 bits per heavy atom. The average molecular weight is 1040 g/mol. The molecule has 428 valence electrons. The van der Waals surface area contributed by atoms with E-state index < -0.39 is 20.0 Å². The van der Waals surface area contributed by atoms with Gasteiger partial charge in [-0.25, -0.2) is 4.57 Å². The molecule has 1 amide bonds. The van der Waals surface area contributed by atoms with Crippen LogP contribution in [-0.2, 0) is 18.4 Å². The Morgan fingerprint density at radius 2 is 0.750 bits per heavy atom. The summed E-state index contributed by atoms with van der Waals surface area (Å²) in [5.41, 5.74) is 0. The highest BCUT2D eigenvalue weighted by molar-refractivity contribution is 7.47. The maximum atomic E-state index is 13.0. The molecule has 3 atom stereocenters. The lowest BCUT2D eigenvalue weighted by Crippen LogP contribution is -2.45. The van der Waals surface area contributed by atoms with Crippen molar-refractivity contribution in [2.45, 2.75) is 334 Å². The van der Waals surface area contributed by atoms with Gasteiger partial charge in [-0.15, -0.1) is 0 Å². The van der Waals surface area contributed by atoms with Gasteiger partial charge in [-0.3, -0.25) is 13.8 Å². The molecule has 0 aromatic heterocycles. The second kappa shape index (κ2) is 54.8. The first-order valence-electron chi connectivity index (χ1n) is 31.7. The number of aliphatic hydroxyl groups is 1. The van der Waals surface area contributed by atoms with Gasteiger partial charge in [-0.1, -0.05) is 295 Å². The summed E-state index contributed by atoms with van der Waals surface area (Å²) in [5, 5.41) is 14.0. The van der Waals surface area contributed by atoms with Gasteiger partial charge in [0.15, 0.2) is 0 Å². The van der Waals surface area contributed by atoms with Gasteiger partial charge in [-0.2, -0.15) is 0 Å². The van der Waals surface area contributed by atoms with Crippen molar-refractivity contribution < 1.29 is 32.9 Å². The molecule has 0 aliphatic heterocycles. The minimum absolute atomic E-state index is 0.0639. The van der Waals surface area contributed by atoms with Crippen LogP contribution in [0.15, 0.2) is 24.3 Å². The number of carbonyl (C=O) groups is 1. The molecule has 9 heteroatoms. The van der Waals surface area contributed by atoms with E-state index in [1.165, 1.54) is 270 Å². The molecular formula is C63H126N2O6P+. The van der Waals surface area contributed by atoms with Crippen LogP contribution in [0.4, 0.5) is 0 Å². The number of quaternary nitrogens is 1. The number of hydrogen-bond donors (Lipinski definition) is 3. The van der Waals surface area contributed by atoms with Crippen LogP contribution in [0.2, 0.25) is 0 Å². The van der Waals surface area contributed by atoms with Gasteiger partial charge in [0.1, 0.15) is 13.2 Å². The van der Waals surface area contributed by atoms with Gasteiger partial charge in [0.25, 0.3) is 0 Å². The van der Waals surface area contributed by atoms with Crippen LogP contribution in [0.25, 0.3) is 0 Å². The summed E-state index contributed by atoms with van der Waals surface area (Å²) in [4.78, 5) is 23.3. The van der Waals surface area contributed by atoms with E-state index in [4.69, 9.17) is 9.05 Å². The highest BCUT2D eigenvalue weighted by atomic mass is 31.2. The van der Waals surface area contributed by atoms with E-state index in [1.54, 1.807) is 6.08 Å². The van der Waals surface area contributed by atoms with Crippen LogP contribution in [-0.4, -0.2) is 73.4 Å². The normalized spacial score (nSPS) is 13.9. The summed E-state index contributed by atoms with van der Waals surface area (Å²) in [6, 6.07) is -0.845. The number of rotatable bonds is 59. The second-order valence-electron chi connectivity index (χ2n) is 23.1. The van der Waals surface area contributed by atoms with Gasteiger partial charge in [-0.05, 0) is 44.9 Å². The lowest BCUT2D eigenvalue weighted by atomic mass is 10.0. The minimum atomic E-state index is -4.35. The Kier molecular flexibility index (Phi) is 54.0. The number of carbonyl (C=O) groups excluding carboxylic acids is 1. The molecular weight excluding hydrogens is 912 g/mol. The summed E-state index contributed by atoms with van der Waals surface area (Å²) >= 11 is 0. The molecule has 3 N–H and O–H groups in total. The van der Waals surface area contributed by atoms with Gasteiger partial charge >= 0.3 is 7.82 Å². The fraction of sp³-hybridized carbons (Fsp3) is 0.921. The van der Waals surface area contributed by atoms with E-state index >= 15 is 0 Å². The van der Waals surface area contributed by atoms with Crippen molar-refractivity contribution in [1.82, 2.24) is 5.32 Å². The smallest absolute Gasteiger partial charge is 0.387 e. The lowest BCUT2D eigenvalue weighted by Gasteiger charge is -2.25. The molecule has 0 spiro atoms. The molecule has 3 unspecified atom stereocenters. The van der Waals surface area contributed by atoms with Gasteiger partial charge in [0.05, 0.1) is 39.9 Å². The van der Waals surface area contributed by atoms with Crippen LogP contribution >= 0.6 is 7.82 Å². The van der Waals surface area contributed by atoms with E-state index in [-0.39, 0.29) is 19.1 Å². The number of phosphoric ester groups is 1. The third-order valence-corrected chi connectivity index (χ3v) is 15.6. The zero-order chi connectivity index (χ0) is 52.7. The zero-order valence-corrected chi connectivity index (χ0v) is 49.8. The molecule has 0 aliphatic rings. The van der Waals surface area contributed by atoms with Gasteiger partial charge in [0.2, 0.25) is 5.91 Å². The summed E-state index contributed by atoms with van der Waals surface area (Å²) in [7, 11) is 1.59. The standard InChI is InChI=1S/C63H125N2O6P/c1-6-8-10-12-14-16-18-20-22-24-26-27-28-29-30-31-32-33-34-35-36-37-39-41-43-45-47-49-51-53-55-57-63(67)64-61(60-71-72(68,69)70-59-58-65(3,4)5)62(66)56-54-52-50-48-46-44-42-40-38-25-23-21-19-17-15-13-11-9-7-2/h29-30,54,56,61-62,66H,6-28,31-53,55,57-60H2,1-5H3,(H-,64,67,68,69)/p+1/b30-29-,56-54+. The molecule has 0 aromatic rings. The van der Waals surface area contributed by atoms with Crippen molar-refractivity contribution in [2.75, 3.05) is 40.9 Å². The number of unbranched alkanes of at least 4 members (excludes halogenated alkanes) is 44. The van der Waals surface area contributed by atoms with Gasteiger partial charge < -0.3 is 19.8 Å². The monoisotopic (exact) mass is 1040 g/mol. The van der Waals surface area contributed by atoms with Crippen molar-refractivity contribution in [1.29, 1.82) is 0 Å². The SMILES string of the molecule is CCCCCCCCCCCCCC/C=C\CCCCCCCCCCCCCCCCCC(=O)NC(COP(=O)(O)OCC[N+](C)(C)C)C(O)/C=C/CCCCCCCCCCCCCCCCCCC. The first kappa shape index (κ1) is 71.0. The minimum Gasteiger partial charge on any atom is -0.387 e. The number of nitrogens with one attached hydrogen (secondary N) is 1. The highest BCUT2D eigenvalue weighted by Gasteiger charge is 2.28. The van der Waals surface area contributed by atoms with Gasteiger partial charge in [0, 0.05) is 6.42 Å². The van der Waals surface area contributed by atoms with Crippen molar-refractivity contribution in [2.24, 2.45) is 0 Å². The van der Waals surface area contributed by atoms with E-state index in [1.807, 2.05) is 27.2 Å². The summed E-state index contributed by atoms with van der Waals surface area (Å²) in [6.45, 7) is 4.87. The van der Waals surface area contributed by atoms with Crippen LogP contribution < -0.4 is 5.32 Å². The number of amides is 1. The molecule has 0 aromatic carbocycles. The first-order valence-corrected chi connectivity index (χ1v) is 33.2. The Bertz CT molecular complexity index is 1220. The molecule has 0 aliphatic carbocycles. The van der Waals surface area contributed by atoms with Crippen molar-refractivity contribution in [3.05, 3.63) is 24.3 Å². The predicted molar refractivity (Wildman–Crippen MR) is 314 cm³/mol. The largest absolute Gasteiger partial charge is 0.472 e. The Balaban J connectivity index is 4.06. The second-order valence-corrected chi connectivity index (χ2v) is 24.6. The molecule has 0 saturated heterocycles. The van der Waals surface area contributed by atoms with E-state index in [2.05, 4.69) is 31.3 Å². The Hall–Kier alpha value is -1.02. The summed E-state index contributed by atoms with van der Waals surface area (Å²) in [5.74, 6) is -0.171. The molecule has 0 bridgehead atoms. The summed E-state index contributed by atoms with van der Waals surface area (Å²) in [6.07, 6.45) is 70.1. The van der Waals surface area contributed by atoms with Crippen LogP contribution in [0.5, 0.6) is 0 Å². The fourth-order valence-corrected chi connectivity index (χ4v) is 10.4. The van der Waals surface area contributed by atoms with E-state index in [0.717, 1.165) is 32.1 Å². The number of phosphoric acid groups is 1. The number of likely N-dealkylation sites (N-methyl/N-ethyl adjacent to an activating group) is 1. The number of aliphatic hydroxyl groups excluding tert-OH is 1. The Labute approximate surface area is 449 Å². The Morgan fingerprint density at radius 1 is 0.458 bits per heavy atom. The fourth-order valence-electron chi connectivity index (χ4n) is 9.69. The zero-order valence-electron chi connectivity index (χ0n) is 48.9. The number of hydrogen-bond acceptors (Lipinski definition) is 5.